The lowest BCUT2D eigenvalue weighted by Crippen LogP contribution is -2.47. The molecule has 1 saturated carbocycles. The van der Waals surface area contributed by atoms with Crippen molar-refractivity contribution in [2.24, 2.45) is 5.92 Å². The molecule has 1 heterocycles. The van der Waals surface area contributed by atoms with Crippen molar-refractivity contribution in [2.45, 2.75) is 50.0 Å². The first kappa shape index (κ1) is 24.3. The molecule has 1 aliphatic carbocycles. The summed E-state index contributed by atoms with van der Waals surface area (Å²) in [5.74, 6) is -0.559. The topological polar surface area (TPSA) is 44.4 Å². The van der Waals surface area contributed by atoms with Gasteiger partial charge in [-0.25, -0.2) is 0 Å². The van der Waals surface area contributed by atoms with E-state index in [0.29, 0.717) is 18.7 Å². The Kier molecular flexibility index (Phi) is 7.28. The van der Waals surface area contributed by atoms with Crippen LogP contribution in [0, 0.1) is 5.92 Å². The van der Waals surface area contributed by atoms with E-state index >= 15 is 0 Å². The fourth-order valence-corrected chi connectivity index (χ4v) is 4.31. The van der Waals surface area contributed by atoms with E-state index in [1.807, 2.05) is 0 Å². The first-order chi connectivity index (χ1) is 14.4. The molecule has 1 atom stereocenters. The maximum absolute atomic E-state index is 13.6. The maximum atomic E-state index is 13.6. The van der Waals surface area contributed by atoms with Gasteiger partial charge in [-0.1, -0.05) is 16.2 Å². The highest BCUT2D eigenvalue weighted by molar-refractivity contribution is 7.17. The molecule has 174 valence electrons. The number of nitrogens with zero attached hydrogens (tertiary/aromatic N) is 1. The molecule has 1 saturated heterocycles. The average molecular weight is 465 g/mol. The minimum atomic E-state index is -4.82. The summed E-state index contributed by atoms with van der Waals surface area (Å²) in [6.07, 6.45) is -0.699. The number of likely N-dealkylation sites (tertiary alicyclic amines) is 1. The maximum Gasteiger partial charge on any atom is 0.416 e. The van der Waals surface area contributed by atoms with Gasteiger partial charge in [-0.2, -0.15) is 22.0 Å². The van der Waals surface area contributed by atoms with Gasteiger partial charge in [-0.3, -0.25) is 4.79 Å². The number of hydrogen-bond donors (Lipinski definition) is 2. The lowest BCUT2D eigenvalue weighted by Gasteiger charge is -2.34. The number of likely N-dealkylation sites (N-methyl/N-ethyl adjacent to an activating group) is 1. The van der Waals surface area contributed by atoms with Crippen LogP contribution in [0.15, 0.2) is 18.2 Å². The quantitative estimate of drug-likeness (QED) is 0.447. The van der Waals surface area contributed by atoms with Crippen molar-refractivity contribution in [2.75, 3.05) is 32.7 Å². The first-order valence-electron chi connectivity index (χ1n) is 10.6. The molecule has 3 rings (SSSR count). The van der Waals surface area contributed by atoms with Gasteiger partial charge < -0.3 is 15.5 Å². The number of nitrogens with one attached hydrogen (secondary N) is 2. The normalized spacial score (nSPS) is 20.0. The molecule has 10 heteroatoms. The highest BCUT2D eigenvalue weighted by Crippen LogP contribution is 2.39. The van der Waals surface area contributed by atoms with Crippen LogP contribution in [0.3, 0.4) is 0 Å². The van der Waals surface area contributed by atoms with Gasteiger partial charge in [-0.15, -0.1) is 0 Å². The van der Waals surface area contributed by atoms with Crippen molar-refractivity contribution in [1.29, 1.82) is 0 Å². The van der Waals surface area contributed by atoms with Crippen molar-refractivity contribution in [1.82, 2.24) is 15.5 Å². The molecule has 1 aromatic rings. The Labute approximate surface area is 181 Å². The van der Waals surface area contributed by atoms with Crippen LogP contribution >= 0.6 is 9.24 Å². The van der Waals surface area contributed by atoms with Crippen molar-refractivity contribution in [3.63, 3.8) is 0 Å². The van der Waals surface area contributed by atoms with Crippen LogP contribution in [0.2, 0.25) is 0 Å². The van der Waals surface area contributed by atoms with Crippen molar-refractivity contribution in [3.8, 4) is 0 Å². The Morgan fingerprint density at radius 1 is 1.13 bits per heavy atom. The van der Waals surface area contributed by atoms with Crippen LogP contribution in [0.4, 0.5) is 22.0 Å². The minimum absolute atomic E-state index is 0.211. The zero-order valence-electron chi connectivity index (χ0n) is 17.5. The molecule has 1 aliphatic heterocycles. The van der Waals surface area contributed by atoms with E-state index in [1.54, 1.807) is 0 Å². The molecular formula is C21H29F5N3OP. The Morgan fingerprint density at radius 2 is 1.74 bits per heavy atom. The van der Waals surface area contributed by atoms with E-state index in [1.165, 1.54) is 22.1 Å². The Bertz CT molecular complexity index is 752. The second kappa shape index (κ2) is 9.28. The highest BCUT2D eigenvalue weighted by Gasteiger charge is 2.43. The molecule has 0 bridgehead atoms. The standard InChI is InChI=1S/C21H29F5N3OP/c1-2-28-19(5-6-19)13-29-7-3-14(4-8-29)12-27-18(30)15-9-16(20(22,23)24)11-17(10-15)21(25,26)31/h9-11,14,28H,2-8,12-13,31H2,1H3,(H,27,30). The van der Waals surface area contributed by atoms with Crippen molar-refractivity contribution >= 4 is 15.1 Å². The van der Waals surface area contributed by atoms with E-state index < -0.39 is 34.4 Å². The zero-order chi connectivity index (χ0) is 22.9. The van der Waals surface area contributed by atoms with Gasteiger partial charge >= 0.3 is 6.18 Å². The second-order valence-corrected chi connectivity index (χ2v) is 9.39. The SMILES string of the molecule is CCNC1(CN2CCC(CNC(=O)c3cc(C(F)(F)F)cc(C(F)(F)P)c3)CC2)CC1. The summed E-state index contributed by atoms with van der Waals surface area (Å²) in [5, 5.41) is 6.18. The van der Waals surface area contributed by atoms with Gasteiger partial charge in [0.1, 0.15) is 0 Å². The fraction of sp³-hybridized carbons (Fsp3) is 0.667. The van der Waals surface area contributed by atoms with Gasteiger partial charge in [0.15, 0.2) is 0 Å². The minimum Gasteiger partial charge on any atom is -0.352 e. The molecule has 1 unspecified atom stereocenters. The Hall–Kier alpha value is -1.31. The summed E-state index contributed by atoms with van der Waals surface area (Å²) in [7, 11) is 1.21. The molecule has 2 aliphatic rings. The summed E-state index contributed by atoms with van der Waals surface area (Å²) in [5.41, 5.74) is -5.85. The fourth-order valence-electron chi connectivity index (χ4n) is 4.15. The first-order valence-corrected chi connectivity index (χ1v) is 11.1. The van der Waals surface area contributed by atoms with Crippen LogP contribution in [0.1, 0.15) is 54.1 Å². The number of amides is 1. The summed E-state index contributed by atoms with van der Waals surface area (Å²) in [6, 6.07) is 1.81. The lowest BCUT2D eigenvalue weighted by molar-refractivity contribution is -0.137. The monoisotopic (exact) mass is 465 g/mol. The van der Waals surface area contributed by atoms with Crippen LogP contribution in [-0.4, -0.2) is 49.1 Å². The lowest BCUT2D eigenvalue weighted by atomic mass is 9.96. The van der Waals surface area contributed by atoms with E-state index in [-0.39, 0.29) is 11.5 Å². The van der Waals surface area contributed by atoms with E-state index in [0.717, 1.165) is 45.1 Å². The third kappa shape index (κ3) is 6.59. The van der Waals surface area contributed by atoms with Crippen LogP contribution in [0.5, 0.6) is 0 Å². The summed E-state index contributed by atoms with van der Waals surface area (Å²) in [4.78, 5) is 14.8. The zero-order valence-corrected chi connectivity index (χ0v) is 18.7. The third-order valence-electron chi connectivity index (χ3n) is 6.10. The summed E-state index contributed by atoms with van der Waals surface area (Å²) in [6.45, 7) is 6.18. The van der Waals surface area contributed by atoms with Gasteiger partial charge in [-0.05, 0) is 69.4 Å². The number of halogens is 5. The number of hydrogen-bond acceptors (Lipinski definition) is 3. The highest BCUT2D eigenvalue weighted by atomic mass is 31.0. The van der Waals surface area contributed by atoms with Gasteiger partial charge in [0, 0.05) is 29.8 Å². The average Bonchev–Trinajstić information content (AvgIpc) is 3.44. The number of benzene rings is 1. The number of piperidine rings is 1. The van der Waals surface area contributed by atoms with Gasteiger partial charge in [0.2, 0.25) is 0 Å². The summed E-state index contributed by atoms with van der Waals surface area (Å²) >= 11 is 0. The number of rotatable bonds is 8. The van der Waals surface area contributed by atoms with E-state index in [2.05, 4.69) is 22.5 Å². The van der Waals surface area contributed by atoms with Gasteiger partial charge in [0.25, 0.3) is 11.6 Å². The number of carbonyl (C=O) groups is 1. The molecule has 1 aromatic carbocycles. The molecular weight excluding hydrogens is 436 g/mol. The van der Waals surface area contributed by atoms with E-state index in [9.17, 15) is 26.7 Å². The van der Waals surface area contributed by atoms with Gasteiger partial charge in [0.05, 0.1) is 5.56 Å². The van der Waals surface area contributed by atoms with Crippen molar-refractivity contribution < 1.29 is 26.7 Å². The predicted molar refractivity (Wildman–Crippen MR) is 112 cm³/mol. The summed E-state index contributed by atoms with van der Waals surface area (Å²) < 4.78 is 66.5. The van der Waals surface area contributed by atoms with Crippen LogP contribution in [0.25, 0.3) is 0 Å². The molecule has 2 fully saturated rings. The number of alkyl halides is 5. The molecule has 0 radical (unpaired) electrons. The third-order valence-corrected chi connectivity index (χ3v) is 6.43. The number of carbonyl (C=O) groups excluding carboxylic acids is 1. The molecule has 31 heavy (non-hydrogen) atoms. The predicted octanol–water partition coefficient (Wildman–Crippen LogP) is 4.21. The largest absolute Gasteiger partial charge is 0.416 e. The van der Waals surface area contributed by atoms with Crippen molar-refractivity contribution in [3.05, 3.63) is 34.9 Å². The molecule has 0 aromatic heterocycles. The molecule has 0 spiro atoms. The smallest absolute Gasteiger partial charge is 0.352 e. The second-order valence-electron chi connectivity index (χ2n) is 8.66. The van der Waals surface area contributed by atoms with Crippen LogP contribution < -0.4 is 10.6 Å². The molecule has 2 N–H and O–H groups in total. The molecule has 1 amide bonds. The van der Waals surface area contributed by atoms with E-state index in [4.69, 9.17) is 0 Å². The molecule has 4 nitrogen and oxygen atoms in total. The Morgan fingerprint density at radius 3 is 2.26 bits per heavy atom. The van der Waals surface area contributed by atoms with Crippen LogP contribution in [-0.2, 0) is 11.8 Å². The Balaban J connectivity index is 1.55.